The molecular weight excluding hydrogens is 424 g/mol. The van der Waals surface area contributed by atoms with E-state index in [0.29, 0.717) is 34.6 Å². The van der Waals surface area contributed by atoms with Crippen molar-refractivity contribution in [1.29, 1.82) is 0 Å². The average Bonchev–Trinajstić information content (AvgIpc) is 3.37. The van der Waals surface area contributed by atoms with E-state index in [-0.39, 0.29) is 11.5 Å². The summed E-state index contributed by atoms with van der Waals surface area (Å²) in [5.74, 6) is 1.48. The smallest absolute Gasteiger partial charge is 0.200 e. The van der Waals surface area contributed by atoms with Crippen molar-refractivity contribution in [3.63, 3.8) is 0 Å². The lowest BCUT2D eigenvalue weighted by Crippen LogP contribution is -2.47. The van der Waals surface area contributed by atoms with Gasteiger partial charge in [0.25, 0.3) is 0 Å². The van der Waals surface area contributed by atoms with Crippen molar-refractivity contribution in [2.24, 2.45) is 16.7 Å². The largest absolute Gasteiger partial charge is 0.497 e. The van der Waals surface area contributed by atoms with Crippen molar-refractivity contribution in [2.75, 3.05) is 13.7 Å². The number of fused-ring (bicyclic) bond motifs is 1. The molecule has 1 aromatic carbocycles. The van der Waals surface area contributed by atoms with Gasteiger partial charge in [0.2, 0.25) is 8.32 Å². The Labute approximate surface area is 204 Å². The van der Waals surface area contributed by atoms with Crippen LogP contribution in [0.25, 0.3) is 0 Å². The highest BCUT2D eigenvalue weighted by atomic mass is 28.4. The number of hydrogen-bond acceptors (Lipinski definition) is 3. The molecule has 0 N–H and O–H groups in total. The highest BCUT2D eigenvalue weighted by Gasteiger charge is 2.68. The minimum Gasteiger partial charge on any atom is -0.497 e. The maximum Gasteiger partial charge on any atom is 0.200 e. The van der Waals surface area contributed by atoms with Crippen LogP contribution in [0.15, 0.2) is 35.9 Å². The van der Waals surface area contributed by atoms with E-state index in [0.717, 1.165) is 18.8 Å². The molecule has 3 rings (SSSR count). The van der Waals surface area contributed by atoms with Gasteiger partial charge in [0.15, 0.2) is 0 Å². The van der Waals surface area contributed by atoms with E-state index in [1.54, 1.807) is 12.7 Å². The van der Waals surface area contributed by atoms with Gasteiger partial charge in [0, 0.05) is 5.41 Å². The summed E-state index contributed by atoms with van der Waals surface area (Å²) < 4.78 is 18.7. The van der Waals surface area contributed by atoms with Gasteiger partial charge >= 0.3 is 0 Å². The topological polar surface area (TPSA) is 27.7 Å². The molecule has 0 bridgehead atoms. The van der Waals surface area contributed by atoms with Gasteiger partial charge < -0.3 is 13.9 Å². The average molecular weight is 473 g/mol. The zero-order chi connectivity index (χ0) is 24.6. The molecule has 2 saturated carbocycles. The molecule has 3 atom stereocenters. The van der Waals surface area contributed by atoms with Gasteiger partial charge in [-0.2, -0.15) is 0 Å². The third kappa shape index (κ3) is 4.86. The summed E-state index contributed by atoms with van der Waals surface area (Å²) in [6, 6.07) is 8.25. The minimum absolute atomic E-state index is 0.134. The Kier molecular flexibility index (Phi) is 7.93. The molecule has 2 aliphatic carbocycles. The van der Waals surface area contributed by atoms with Crippen LogP contribution in [0.3, 0.4) is 0 Å². The SMILES string of the molecule is COc1ccc(CO[C@H]2CCC(C)(C)[C@H]3/C(=C\CO[Si](C(C)C)(C(C)C)C(C)C)[C@@]23C)cc1. The first kappa shape index (κ1) is 26.5. The quantitative estimate of drug-likeness (QED) is 0.254. The Hall–Kier alpha value is -1.10. The number of rotatable bonds is 10. The molecule has 0 heterocycles. The van der Waals surface area contributed by atoms with Gasteiger partial charge in [-0.25, -0.2) is 0 Å². The molecule has 1 aromatic rings. The zero-order valence-electron chi connectivity index (χ0n) is 22.8. The van der Waals surface area contributed by atoms with E-state index in [9.17, 15) is 0 Å². The van der Waals surface area contributed by atoms with Crippen LogP contribution < -0.4 is 4.74 Å². The van der Waals surface area contributed by atoms with Gasteiger partial charge in [-0.1, -0.05) is 86.1 Å². The summed E-state index contributed by atoms with van der Waals surface area (Å²) in [7, 11) is -0.140. The minimum atomic E-state index is -1.85. The first-order chi connectivity index (χ1) is 15.4. The van der Waals surface area contributed by atoms with Gasteiger partial charge in [0.05, 0.1) is 26.4 Å². The molecule has 33 heavy (non-hydrogen) atoms. The lowest BCUT2D eigenvalue weighted by atomic mass is 9.71. The molecule has 2 fully saturated rings. The summed E-state index contributed by atoms with van der Waals surface area (Å²) in [6.45, 7) is 22.9. The first-order valence-electron chi connectivity index (χ1n) is 13.0. The molecule has 0 spiro atoms. The highest BCUT2D eigenvalue weighted by Crippen LogP contribution is 2.72. The Morgan fingerprint density at radius 1 is 0.970 bits per heavy atom. The van der Waals surface area contributed by atoms with Crippen LogP contribution in [0.2, 0.25) is 16.6 Å². The van der Waals surface area contributed by atoms with Crippen LogP contribution in [0, 0.1) is 16.7 Å². The van der Waals surface area contributed by atoms with Crippen LogP contribution in [-0.2, 0) is 15.8 Å². The fraction of sp³-hybridized carbons (Fsp3) is 0.724. The molecular formula is C29H48O3Si. The van der Waals surface area contributed by atoms with Crippen molar-refractivity contribution in [1.82, 2.24) is 0 Å². The Balaban J connectivity index is 1.73. The Bertz CT molecular complexity index is 802. The zero-order valence-corrected chi connectivity index (χ0v) is 23.8. The summed E-state index contributed by atoms with van der Waals surface area (Å²) in [4.78, 5) is 0. The van der Waals surface area contributed by atoms with Crippen molar-refractivity contribution in [3.8, 4) is 5.75 Å². The van der Waals surface area contributed by atoms with Crippen molar-refractivity contribution < 1.29 is 13.9 Å². The van der Waals surface area contributed by atoms with E-state index in [1.807, 2.05) is 12.1 Å². The molecule has 0 aliphatic heterocycles. The van der Waals surface area contributed by atoms with Crippen molar-refractivity contribution in [3.05, 3.63) is 41.5 Å². The standard InChI is InChI=1S/C29H48O3Si/c1-20(2)33(21(3)4,22(5)6)32-18-16-25-27-28(7,8)17-15-26(29(25,27)9)31-19-23-11-13-24(30-10)14-12-23/h11-14,16,20-22,26-27H,15,17-19H2,1-10H3/b25-16+/t26-,27+,29-/m0/s1. The second-order valence-electron chi connectivity index (χ2n) is 12.2. The second-order valence-corrected chi connectivity index (χ2v) is 17.6. The third-order valence-corrected chi connectivity index (χ3v) is 15.0. The molecule has 0 aromatic heterocycles. The summed E-state index contributed by atoms with van der Waals surface area (Å²) in [5.41, 5.74) is 5.08. The van der Waals surface area contributed by atoms with Gasteiger partial charge in [-0.15, -0.1) is 0 Å². The second kappa shape index (κ2) is 9.87. The van der Waals surface area contributed by atoms with Gasteiger partial charge in [-0.3, -0.25) is 0 Å². The van der Waals surface area contributed by atoms with Crippen molar-refractivity contribution in [2.45, 2.75) is 104 Å². The van der Waals surface area contributed by atoms with E-state index >= 15 is 0 Å². The molecule has 4 heteroatoms. The molecule has 186 valence electrons. The molecule has 2 aliphatic rings. The summed E-state index contributed by atoms with van der Waals surface area (Å²) in [5, 5.41) is 0. The monoisotopic (exact) mass is 472 g/mol. The molecule has 0 radical (unpaired) electrons. The van der Waals surface area contributed by atoms with Gasteiger partial charge in [0.1, 0.15) is 5.75 Å². The molecule has 3 nitrogen and oxygen atoms in total. The Morgan fingerprint density at radius 3 is 2.06 bits per heavy atom. The normalized spacial score (nSPS) is 28.0. The summed E-state index contributed by atoms with van der Waals surface area (Å²) >= 11 is 0. The van der Waals surface area contributed by atoms with Crippen LogP contribution in [-0.4, -0.2) is 28.1 Å². The Morgan fingerprint density at radius 2 is 1.55 bits per heavy atom. The fourth-order valence-corrected chi connectivity index (χ4v) is 12.7. The first-order valence-corrected chi connectivity index (χ1v) is 15.1. The molecule has 0 amide bonds. The van der Waals surface area contributed by atoms with Crippen LogP contribution >= 0.6 is 0 Å². The lowest BCUT2D eigenvalue weighted by Gasteiger charge is -2.41. The maximum atomic E-state index is 6.88. The van der Waals surface area contributed by atoms with E-state index in [1.165, 1.54) is 12.0 Å². The van der Waals surface area contributed by atoms with E-state index < -0.39 is 8.32 Å². The number of hydrogen-bond donors (Lipinski definition) is 0. The predicted octanol–water partition coefficient (Wildman–Crippen LogP) is 8.16. The van der Waals surface area contributed by atoms with Crippen LogP contribution in [0.4, 0.5) is 0 Å². The third-order valence-electron chi connectivity index (χ3n) is 8.90. The maximum absolute atomic E-state index is 6.88. The van der Waals surface area contributed by atoms with E-state index in [4.69, 9.17) is 13.9 Å². The van der Waals surface area contributed by atoms with Crippen LogP contribution in [0.5, 0.6) is 5.75 Å². The van der Waals surface area contributed by atoms with E-state index in [2.05, 4.69) is 80.5 Å². The number of methoxy groups -OCH3 is 1. The fourth-order valence-electron chi connectivity index (χ4n) is 7.32. The predicted molar refractivity (Wildman–Crippen MR) is 141 cm³/mol. The highest BCUT2D eigenvalue weighted by molar-refractivity contribution is 6.77. The number of benzene rings is 1. The molecule has 0 saturated heterocycles. The van der Waals surface area contributed by atoms with Gasteiger partial charge in [-0.05, 0) is 58.5 Å². The van der Waals surface area contributed by atoms with Crippen LogP contribution in [0.1, 0.15) is 80.7 Å². The lowest BCUT2D eigenvalue weighted by molar-refractivity contribution is -0.0470. The molecule has 0 unspecified atom stereocenters. The van der Waals surface area contributed by atoms with Crippen molar-refractivity contribution >= 4 is 8.32 Å². The number of ether oxygens (including phenoxy) is 2. The summed E-state index contributed by atoms with van der Waals surface area (Å²) in [6.07, 6.45) is 5.04.